The third kappa shape index (κ3) is 4.81. The van der Waals surface area contributed by atoms with E-state index in [-0.39, 0.29) is 29.7 Å². The zero-order chi connectivity index (χ0) is 27.8. The van der Waals surface area contributed by atoms with Gasteiger partial charge in [0.1, 0.15) is 12.2 Å². The Bertz CT molecular complexity index is 1440. The number of carbonyl (C=O) groups is 2. The summed E-state index contributed by atoms with van der Waals surface area (Å²) < 4.78 is 12.4. The van der Waals surface area contributed by atoms with Gasteiger partial charge in [0.2, 0.25) is 0 Å². The van der Waals surface area contributed by atoms with Gasteiger partial charge < -0.3 is 9.47 Å². The number of allylic oxidation sites excluding steroid dienone is 2. The van der Waals surface area contributed by atoms with Gasteiger partial charge in [0, 0.05) is 11.8 Å². The van der Waals surface area contributed by atoms with Gasteiger partial charge in [0.05, 0.1) is 11.1 Å². The van der Waals surface area contributed by atoms with Crippen molar-refractivity contribution in [3.05, 3.63) is 125 Å². The van der Waals surface area contributed by atoms with Gasteiger partial charge in [0.15, 0.2) is 0 Å². The van der Waals surface area contributed by atoms with Gasteiger partial charge in [-0.1, -0.05) is 87.2 Å². The molecule has 2 saturated carbocycles. The summed E-state index contributed by atoms with van der Waals surface area (Å²) in [5, 5.41) is 0. The number of benzene rings is 3. The number of carbonyl (C=O) groups excluding carboxylic acids is 2. The molecule has 2 bridgehead atoms. The van der Waals surface area contributed by atoms with Crippen molar-refractivity contribution >= 4 is 18.0 Å². The Labute approximate surface area is 236 Å². The Morgan fingerprint density at radius 1 is 0.875 bits per heavy atom. The number of esters is 2. The SMILES string of the molecule is C=Cc1cc(C/C=C/C(C)C)c2c(c1)C1C(C2)C2CC1C(OC(=O)c1ccccc1)[C@@H]2OC(=O)c1ccccc1. The van der Waals surface area contributed by atoms with Crippen LogP contribution in [-0.2, 0) is 22.3 Å². The first kappa shape index (κ1) is 26.3. The van der Waals surface area contributed by atoms with E-state index in [4.69, 9.17) is 9.47 Å². The lowest BCUT2D eigenvalue weighted by molar-refractivity contribution is -0.0698. The summed E-state index contributed by atoms with van der Waals surface area (Å²) in [5.41, 5.74) is 6.26. The molecule has 3 aliphatic rings. The van der Waals surface area contributed by atoms with E-state index in [0.717, 1.165) is 24.8 Å². The molecule has 3 aromatic carbocycles. The van der Waals surface area contributed by atoms with Gasteiger partial charge in [-0.15, -0.1) is 0 Å². The highest BCUT2D eigenvalue weighted by Gasteiger charge is 2.63. The number of hydrogen-bond acceptors (Lipinski definition) is 4. The summed E-state index contributed by atoms with van der Waals surface area (Å²) in [4.78, 5) is 26.5. The first-order valence-electron chi connectivity index (χ1n) is 14.4. The largest absolute Gasteiger partial charge is 0.455 e. The molecule has 0 heterocycles. The molecular weight excluding hydrogens is 496 g/mol. The average molecular weight is 533 g/mol. The molecule has 0 amide bonds. The Morgan fingerprint density at radius 3 is 2.05 bits per heavy atom. The number of rotatable bonds is 8. The van der Waals surface area contributed by atoms with Crippen molar-refractivity contribution < 1.29 is 19.1 Å². The molecule has 40 heavy (non-hydrogen) atoms. The van der Waals surface area contributed by atoms with Crippen LogP contribution in [0.4, 0.5) is 0 Å². The van der Waals surface area contributed by atoms with Crippen LogP contribution in [0.1, 0.15) is 69.2 Å². The molecule has 3 aliphatic carbocycles. The molecule has 4 heteroatoms. The predicted octanol–water partition coefficient (Wildman–Crippen LogP) is 7.44. The van der Waals surface area contributed by atoms with Crippen molar-refractivity contribution in [2.45, 2.75) is 51.2 Å². The fourth-order valence-corrected chi connectivity index (χ4v) is 7.33. The third-order valence-electron chi connectivity index (χ3n) is 8.98. The van der Waals surface area contributed by atoms with Crippen LogP contribution in [0.15, 0.2) is 91.5 Å². The van der Waals surface area contributed by atoms with Crippen LogP contribution in [0.25, 0.3) is 6.08 Å². The minimum absolute atomic E-state index is 0.0941. The highest BCUT2D eigenvalue weighted by Crippen LogP contribution is 2.63. The van der Waals surface area contributed by atoms with Crippen LogP contribution in [0.5, 0.6) is 0 Å². The van der Waals surface area contributed by atoms with Crippen molar-refractivity contribution in [3.63, 3.8) is 0 Å². The van der Waals surface area contributed by atoms with Gasteiger partial charge in [-0.25, -0.2) is 9.59 Å². The van der Waals surface area contributed by atoms with Crippen molar-refractivity contribution in [1.29, 1.82) is 0 Å². The van der Waals surface area contributed by atoms with Crippen LogP contribution < -0.4 is 0 Å². The van der Waals surface area contributed by atoms with Crippen molar-refractivity contribution in [2.24, 2.45) is 23.7 Å². The van der Waals surface area contributed by atoms with Crippen molar-refractivity contribution in [1.82, 2.24) is 0 Å². The molecule has 3 aromatic rings. The van der Waals surface area contributed by atoms with Gasteiger partial charge in [-0.3, -0.25) is 0 Å². The molecule has 204 valence electrons. The van der Waals surface area contributed by atoms with Gasteiger partial charge in [-0.05, 0) is 83.5 Å². The molecule has 0 spiro atoms. The molecule has 6 atom stereocenters. The Hall–Kier alpha value is -3.92. The molecule has 0 aromatic heterocycles. The second-order valence-corrected chi connectivity index (χ2v) is 11.8. The van der Waals surface area contributed by atoms with Crippen molar-refractivity contribution in [3.8, 4) is 0 Å². The fourth-order valence-electron chi connectivity index (χ4n) is 7.33. The molecule has 4 nitrogen and oxygen atoms in total. The minimum Gasteiger partial charge on any atom is -0.455 e. The summed E-state index contributed by atoms with van der Waals surface area (Å²) in [7, 11) is 0. The lowest BCUT2D eigenvalue weighted by Crippen LogP contribution is -2.45. The van der Waals surface area contributed by atoms with Crippen LogP contribution in [0, 0.1) is 23.7 Å². The quantitative estimate of drug-likeness (QED) is 0.223. The minimum atomic E-state index is -0.491. The molecule has 0 radical (unpaired) electrons. The van der Waals surface area contributed by atoms with E-state index < -0.39 is 12.2 Å². The van der Waals surface area contributed by atoms with E-state index in [1.807, 2.05) is 42.5 Å². The van der Waals surface area contributed by atoms with Gasteiger partial charge in [0.25, 0.3) is 0 Å². The fraction of sp³-hybridized carbons (Fsp3) is 0.333. The van der Waals surface area contributed by atoms with Gasteiger partial charge >= 0.3 is 11.9 Å². The lowest BCUT2D eigenvalue weighted by atomic mass is 9.76. The molecule has 0 saturated heterocycles. The smallest absolute Gasteiger partial charge is 0.338 e. The van der Waals surface area contributed by atoms with E-state index >= 15 is 0 Å². The standard InChI is InChI=1S/C36H36O4/c1-4-23-18-26(17-11-12-22(2)3)27-20-29-30-21-31(32(29)28(27)19-23)34(40-36(38)25-15-9-6-10-16-25)33(30)39-35(37)24-13-7-5-8-14-24/h4-16,18-19,22,29-34H,1,17,20-21H2,2-3H3/b12-11+/t29?,30?,31?,32?,33-,34?/m1/s1. The lowest BCUT2D eigenvalue weighted by Gasteiger charge is -2.37. The topological polar surface area (TPSA) is 52.6 Å². The van der Waals surface area contributed by atoms with Crippen LogP contribution in [0.3, 0.4) is 0 Å². The first-order chi connectivity index (χ1) is 19.4. The second-order valence-electron chi connectivity index (χ2n) is 11.8. The zero-order valence-electron chi connectivity index (χ0n) is 23.2. The van der Waals surface area contributed by atoms with E-state index in [2.05, 4.69) is 44.7 Å². The van der Waals surface area contributed by atoms with E-state index in [1.54, 1.807) is 24.3 Å². The molecular formula is C36H36O4. The van der Waals surface area contributed by atoms with E-state index in [0.29, 0.717) is 23.0 Å². The zero-order valence-corrected chi connectivity index (χ0v) is 23.2. The summed E-state index contributed by atoms with van der Waals surface area (Å²) in [6.07, 6.45) is 8.22. The highest BCUT2D eigenvalue weighted by molar-refractivity contribution is 5.90. The normalized spacial score (nSPS) is 26.1. The summed E-state index contributed by atoms with van der Waals surface area (Å²) in [6, 6.07) is 22.7. The van der Waals surface area contributed by atoms with Crippen LogP contribution in [-0.4, -0.2) is 24.1 Å². The summed E-state index contributed by atoms with van der Waals surface area (Å²) >= 11 is 0. The number of ether oxygens (including phenoxy) is 2. The Morgan fingerprint density at radius 2 is 1.48 bits per heavy atom. The molecule has 0 N–H and O–H groups in total. The number of hydrogen-bond donors (Lipinski definition) is 0. The summed E-state index contributed by atoms with van der Waals surface area (Å²) in [6.45, 7) is 8.44. The second kappa shape index (κ2) is 10.9. The van der Waals surface area contributed by atoms with E-state index in [9.17, 15) is 9.59 Å². The maximum absolute atomic E-state index is 13.3. The number of fused-ring (bicyclic) bond motifs is 7. The predicted molar refractivity (Wildman–Crippen MR) is 157 cm³/mol. The molecule has 0 aliphatic heterocycles. The Kier molecular flexibility index (Phi) is 7.18. The molecule has 2 fully saturated rings. The third-order valence-corrected chi connectivity index (χ3v) is 8.98. The maximum atomic E-state index is 13.3. The van der Waals surface area contributed by atoms with E-state index in [1.165, 1.54) is 16.7 Å². The first-order valence-corrected chi connectivity index (χ1v) is 14.4. The average Bonchev–Trinajstić information content (AvgIpc) is 3.63. The summed E-state index contributed by atoms with van der Waals surface area (Å²) in [5.74, 6) is 0.631. The highest BCUT2D eigenvalue weighted by atomic mass is 16.6. The molecule has 6 rings (SSSR count). The molecule has 5 unspecified atom stereocenters. The van der Waals surface area contributed by atoms with Crippen LogP contribution in [0.2, 0.25) is 0 Å². The Balaban J connectivity index is 1.34. The monoisotopic (exact) mass is 532 g/mol. The van der Waals surface area contributed by atoms with Crippen molar-refractivity contribution in [2.75, 3.05) is 0 Å². The van der Waals surface area contributed by atoms with Gasteiger partial charge in [-0.2, -0.15) is 0 Å². The maximum Gasteiger partial charge on any atom is 0.338 e. The van der Waals surface area contributed by atoms with Crippen LogP contribution >= 0.6 is 0 Å².